The molecule has 122 valence electrons. The second-order valence-electron chi connectivity index (χ2n) is 6.41. The summed E-state index contributed by atoms with van der Waals surface area (Å²) in [7, 11) is 0. The maximum atomic E-state index is 4.56. The summed E-state index contributed by atoms with van der Waals surface area (Å²) in [4.78, 5) is 16.5. The molecule has 22 heavy (non-hydrogen) atoms. The number of rotatable bonds is 4. The van der Waals surface area contributed by atoms with Crippen molar-refractivity contribution in [3.63, 3.8) is 0 Å². The van der Waals surface area contributed by atoms with E-state index in [1.54, 1.807) is 6.33 Å². The van der Waals surface area contributed by atoms with E-state index < -0.39 is 0 Å². The first-order valence-corrected chi connectivity index (χ1v) is 8.87. The molecule has 3 rings (SSSR count). The van der Waals surface area contributed by atoms with E-state index in [0.29, 0.717) is 6.04 Å². The minimum atomic E-state index is 0.647. The van der Waals surface area contributed by atoms with Crippen molar-refractivity contribution in [3.05, 3.63) is 12.4 Å². The van der Waals surface area contributed by atoms with Gasteiger partial charge in [-0.2, -0.15) is 0 Å². The Morgan fingerprint density at radius 3 is 2.50 bits per heavy atom. The molecule has 2 aliphatic rings. The first-order valence-electron chi connectivity index (χ1n) is 8.87. The molecule has 0 aliphatic carbocycles. The van der Waals surface area contributed by atoms with Crippen LogP contribution in [0.5, 0.6) is 0 Å². The van der Waals surface area contributed by atoms with Crippen LogP contribution in [0.3, 0.4) is 0 Å². The quantitative estimate of drug-likeness (QED) is 0.853. The number of aromatic nitrogens is 2. The zero-order valence-corrected chi connectivity index (χ0v) is 14.0. The van der Waals surface area contributed by atoms with Crippen molar-refractivity contribution in [2.75, 3.05) is 49.1 Å². The van der Waals surface area contributed by atoms with Gasteiger partial charge in [-0.1, -0.05) is 13.8 Å². The fourth-order valence-electron chi connectivity index (χ4n) is 3.69. The monoisotopic (exact) mass is 303 g/mol. The summed E-state index contributed by atoms with van der Waals surface area (Å²) in [6.45, 7) is 11.2. The molecule has 1 atom stereocenters. The number of anilines is 2. The Bertz CT molecular complexity index is 470. The first-order chi connectivity index (χ1) is 10.8. The minimum Gasteiger partial charge on any atom is -0.354 e. The van der Waals surface area contributed by atoms with Gasteiger partial charge in [0.2, 0.25) is 0 Å². The van der Waals surface area contributed by atoms with Crippen LogP contribution in [0, 0.1) is 0 Å². The molecule has 0 amide bonds. The van der Waals surface area contributed by atoms with E-state index in [-0.39, 0.29) is 0 Å². The zero-order chi connectivity index (χ0) is 15.4. The van der Waals surface area contributed by atoms with Gasteiger partial charge in [0.25, 0.3) is 0 Å². The summed E-state index contributed by atoms with van der Waals surface area (Å²) >= 11 is 0. The van der Waals surface area contributed by atoms with Crippen molar-refractivity contribution in [1.82, 2.24) is 14.9 Å². The van der Waals surface area contributed by atoms with Gasteiger partial charge in [-0.15, -0.1) is 0 Å². The van der Waals surface area contributed by atoms with Crippen LogP contribution in [0.2, 0.25) is 0 Å². The Kier molecular flexibility index (Phi) is 5.13. The highest BCUT2D eigenvalue weighted by molar-refractivity contribution is 5.51. The fraction of sp³-hybridized carbons (Fsp3) is 0.765. The predicted octanol–water partition coefficient (Wildman–Crippen LogP) is 2.39. The molecule has 5 nitrogen and oxygen atoms in total. The van der Waals surface area contributed by atoms with E-state index >= 15 is 0 Å². The van der Waals surface area contributed by atoms with Gasteiger partial charge in [0, 0.05) is 44.8 Å². The van der Waals surface area contributed by atoms with Crippen LogP contribution in [0.1, 0.15) is 39.5 Å². The highest BCUT2D eigenvalue weighted by Gasteiger charge is 2.23. The maximum Gasteiger partial charge on any atom is 0.134 e. The summed E-state index contributed by atoms with van der Waals surface area (Å²) in [6, 6.07) is 2.85. The SMILES string of the molecule is CCC1CCCCN1c1cc(N2CCN(CC)CC2)ncn1. The number of piperazine rings is 1. The summed E-state index contributed by atoms with van der Waals surface area (Å²) in [5, 5.41) is 0. The molecule has 2 aliphatic heterocycles. The van der Waals surface area contributed by atoms with Gasteiger partial charge in [0.1, 0.15) is 18.0 Å². The summed E-state index contributed by atoms with van der Waals surface area (Å²) in [6.07, 6.45) is 6.88. The summed E-state index contributed by atoms with van der Waals surface area (Å²) in [5.74, 6) is 2.22. The zero-order valence-electron chi connectivity index (χ0n) is 14.0. The number of likely N-dealkylation sites (N-methyl/N-ethyl adjacent to an activating group) is 1. The lowest BCUT2D eigenvalue weighted by Gasteiger charge is -2.37. The Morgan fingerprint density at radius 2 is 1.77 bits per heavy atom. The molecule has 0 spiro atoms. The van der Waals surface area contributed by atoms with Crippen molar-refractivity contribution in [3.8, 4) is 0 Å². The van der Waals surface area contributed by atoms with Crippen molar-refractivity contribution in [1.29, 1.82) is 0 Å². The third-order valence-corrected chi connectivity index (χ3v) is 5.17. The number of hydrogen-bond acceptors (Lipinski definition) is 5. The molecule has 0 radical (unpaired) electrons. The van der Waals surface area contributed by atoms with Crippen molar-refractivity contribution < 1.29 is 0 Å². The highest BCUT2D eigenvalue weighted by Crippen LogP contribution is 2.27. The second-order valence-corrected chi connectivity index (χ2v) is 6.41. The predicted molar refractivity (Wildman–Crippen MR) is 91.6 cm³/mol. The number of piperidine rings is 1. The van der Waals surface area contributed by atoms with Crippen molar-refractivity contribution in [2.45, 2.75) is 45.6 Å². The van der Waals surface area contributed by atoms with Gasteiger partial charge in [-0.3, -0.25) is 0 Å². The number of hydrogen-bond donors (Lipinski definition) is 0. The average Bonchev–Trinajstić information content (AvgIpc) is 2.62. The molecule has 2 saturated heterocycles. The molecule has 5 heteroatoms. The van der Waals surface area contributed by atoms with Crippen LogP contribution >= 0.6 is 0 Å². The van der Waals surface area contributed by atoms with Crippen LogP contribution in [0.15, 0.2) is 12.4 Å². The van der Waals surface area contributed by atoms with Crippen molar-refractivity contribution in [2.24, 2.45) is 0 Å². The minimum absolute atomic E-state index is 0.647. The van der Waals surface area contributed by atoms with Crippen LogP contribution in [-0.4, -0.2) is 60.2 Å². The van der Waals surface area contributed by atoms with Gasteiger partial charge in [-0.25, -0.2) is 9.97 Å². The highest BCUT2D eigenvalue weighted by atomic mass is 15.3. The Hall–Kier alpha value is -1.36. The van der Waals surface area contributed by atoms with Crippen LogP contribution in [0.4, 0.5) is 11.6 Å². The van der Waals surface area contributed by atoms with Crippen molar-refractivity contribution >= 4 is 11.6 Å². The van der Waals surface area contributed by atoms with E-state index in [2.05, 4.69) is 44.6 Å². The first kappa shape index (κ1) is 15.5. The van der Waals surface area contributed by atoms with Crippen LogP contribution in [0.25, 0.3) is 0 Å². The molecular formula is C17H29N5. The molecule has 3 heterocycles. The van der Waals surface area contributed by atoms with Gasteiger partial charge >= 0.3 is 0 Å². The molecular weight excluding hydrogens is 274 g/mol. The van der Waals surface area contributed by atoms with E-state index in [0.717, 1.165) is 50.9 Å². The third-order valence-electron chi connectivity index (χ3n) is 5.17. The average molecular weight is 303 g/mol. The lowest BCUT2D eigenvalue weighted by atomic mass is 10.00. The molecule has 1 unspecified atom stereocenters. The van der Waals surface area contributed by atoms with E-state index in [9.17, 15) is 0 Å². The second kappa shape index (κ2) is 7.27. The molecule has 0 bridgehead atoms. The topological polar surface area (TPSA) is 35.5 Å². The maximum absolute atomic E-state index is 4.56. The standard InChI is InChI=1S/C17H29N5/c1-3-15-7-5-6-8-22(15)17-13-16(18-14-19-17)21-11-9-20(4-2)10-12-21/h13-15H,3-12H2,1-2H3. The molecule has 1 aromatic heterocycles. The van der Waals surface area contributed by atoms with E-state index in [1.807, 2.05) is 0 Å². The fourth-order valence-corrected chi connectivity index (χ4v) is 3.69. The smallest absolute Gasteiger partial charge is 0.134 e. The molecule has 0 aromatic carbocycles. The third kappa shape index (κ3) is 3.35. The Labute approximate surface area is 134 Å². The Morgan fingerprint density at radius 1 is 1.00 bits per heavy atom. The van der Waals surface area contributed by atoms with Gasteiger partial charge < -0.3 is 14.7 Å². The molecule has 0 saturated carbocycles. The molecule has 2 fully saturated rings. The summed E-state index contributed by atoms with van der Waals surface area (Å²) < 4.78 is 0. The normalized spacial score (nSPS) is 23.8. The van der Waals surface area contributed by atoms with Gasteiger partial charge in [0.15, 0.2) is 0 Å². The van der Waals surface area contributed by atoms with Crippen LogP contribution < -0.4 is 9.80 Å². The van der Waals surface area contributed by atoms with E-state index in [1.165, 1.54) is 25.7 Å². The number of nitrogens with zero attached hydrogens (tertiary/aromatic N) is 5. The van der Waals surface area contributed by atoms with Gasteiger partial charge in [0.05, 0.1) is 0 Å². The van der Waals surface area contributed by atoms with Gasteiger partial charge in [-0.05, 0) is 32.2 Å². The summed E-state index contributed by atoms with van der Waals surface area (Å²) in [5.41, 5.74) is 0. The van der Waals surface area contributed by atoms with E-state index in [4.69, 9.17) is 0 Å². The van der Waals surface area contributed by atoms with Crippen LogP contribution in [-0.2, 0) is 0 Å². The molecule has 0 N–H and O–H groups in total. The lowest BCUT2D eigenvalue weighted by molar-refractivity contribution is 0.270. The largest absolute Gasteiger partial charge is 0.354 e. The Balaban J connectivity index is 1.72. The lowest BCUT2D eigenvalue weighted by Crippen LogP contribution is -2.46. The molecule has 1 aromatic rings.